The van der Waals surface area contributed by atoms with Gasteiger partial charge in [-0.1, -0.05) is 18.2 Å². The molecule has 1 fully saturated rings. The van der Waals surface area contributed by atoms with Gasteiger partial charge in [-0.2, -0.15) is 5.10 Å². The molecule has 4 rings (SSSR count). The Hall–Kier alpha value is -3.00. The molecule has 0 bridgehead atoms. The average molecular weight is 396 g/mol. The van der Waals surface area contributed by atoms with Crippen LogP contribution in [0.25, 0.3) is 16.8 Å². The van der Waals surface area contributed by atoms with Crippen molar-refractivity contribution in [3.63, 3.8) is 0 Å². The van der Waals surface area contributed by atoms with Crippen LogP contribution in [-0.2, 0) is 21.1 Å². The molecule has 1 amide bonds. The van der Waals surface area contributed by atoms with Gasteiger partial charge in [0.05, 0.1) is 22.8 Å². The lowest BCUT2D eigenvalue weighted by Crippen LogP contribution is -2.14. The molecule has 0 aliphatic heterocycles. The third-order valence-corrected chi connectivity index (χ3v) is 6.72. The van der Waals surface area contributed by atoms with Crippen molar-refractivity contribution in [1.82, 2.24) is 14.8 Å². The van der Waals surface area contributed by atoms with Crippen molar-refractivity contribution >= 4 is 15.7 Å². The van der Waals surface area contributed by atoms with Crippen LogP contribution in [0.15, 0.2) is 60.0 Å². The number of carbonyl (C=O) groups is 1. The van der Waals surface area contributed by atoms with Gasteiger partial charge < -0.3 is 5.73 Å². The molecule has 0 unspecified atom stereocenters. The average Bonchev–Trinajstić information content (AvgIpc) is 3.29. The highest BCUT2D eigenvalue weighted by atomic mass is 32.2. The van der Waals surface area contributed by atoms with Crippen LogP contribution in [0.4, 0.5) is 0 Å². The van der Waals surface area contributed by atoms with E-state index in [1.54, 1.807) is 35.3 Å². The van der Waals surface area contributed by atoms with Gasteiger partial charge in [0, 0.05) is 0 Å². The summed E-state index contributed by atoms with van der Waals surface area (Å²) in [5.41, 5.74) is 8.56. The minimum atomic E-state index is -3.27. The first-order valence-corrected chi connectivity index (χ1v) is 10.7. The molecule has 8 heteroatoms. The number of rotatable bonds is 7. The first kappa shape index (κ1) is 18.4. The Morgan fingerprint density at radius 1 is 1.14 bits per heavy atom. The second kappa shape index (κ2) is 7.20. The monoisotopic (exact) mass is 396 g/mol. The Morgan fingerprint density at radius 3 is 2.50 bits per heavy atom. The maximum atomic E-state index is 12.5. The van der Waals surface area contributed by atoms with Crippen LogP contribution >= 0.6 is 0 Å². The Labute approximate surface area is 163 Å². The molecule has 1 heterocycles. The van der Waals surface area contributed by atoms with Crippen molar-refractivity contribution in [3.05, 3.63) is 60.7 Å². The molecule has 144 valence electrons. The van der Waals surface area contributed by atoms with E-state index in [2.05, 4.69) is 10.1 Å². The number of sulfone groups is 1. The van der Waals surface area contributed by atoms with E-state index < -0.39 is 15.7 Å². The fraction of sp³-hybridized carbons (Fsp3) is 0.250. The lowest BCUT2D eigenvalue weighted by molar-refractivity contribution is -0.117. The summed E-state index contributed by atoms with van der Waals surface area (Å²) in [6, 6.07) is 12.3. The summed E-state index contributed by atoms with van der Waals surface area (Å²) >= 11 is 0. The zero-order valence-corrected chi connectivity index (χ0v) is 16.0. The fourth-order valence-electron chi connectivity index (χ4n) is 3.19. The second-order valence-electron chi connectivity index (χ2n) is 7.07. The van der Waals surface area contributed by atoms with E-state index in [1.165, 1.54) is 6.33 Å². The number of aromatic nitrogens is 3. The summed E-state index contributed by atoms with van der Waals surface area (Å²) in [4.78, 5) is 15.8. The molecule has 0 atom stereocenters. The van der Waals surface area contributed by atoms with E-state index in [0.717, 1.165) is 35.2 Å². The minimum absolute atomic E-state index is 0.0920. The lowest BCUT2D eigenvalue weighted by atomic mass is 9.97. The Kier molecular flexibility index (Phi) is 4.72. The number of hydrogen-bond donors (Lipinski definition) is 1. The van der Waals surface area contributed by atoms with Gasteiger partial charge in [-0.3, -0.25) is 4.79 Å². The number of benzene rings is 2. The maximum Gasteiger partial charge on any atom is 0.221 e. The topological polar surface area (TPSA) is 108 Å². The first-order chi connectivity index (χ1) is 13.4. The molecule has 0 saturated heterocycles. The van der Waals surface area contributed by atoms with Crippen molar-refractivity contribution in [2.75, 3.05) is 5.75 Å². The van der Waals surface area contributed by atoms with Crippen LogP contribution < -0.4 is 5.73 Å². The molecule has 2 aromatic carbocycles. The van der Waals surface area contributed by atoms with Gasteiger partial charge in [0.25, 0.3) is 0 Å². The summed E-state index contributed by atoms with van der Waals surface area (Å²) in [5.74, 6) is 0.0747. The Morgan fingerprint density at radius 2 is 1.89 bits per heavy atom. The van der Waals surface area contributed by atoms with Gasteiger partial charge >= 0.3 is 0 Å². The van der Waals surface area contributed by atoms with Crippen LogP contribution in [0, 0.1) is 5.92 Å². The van der Waals surface area contributed by atoms with Crippen LogP contribution in [-0.4, -0.2) is 34.8 Å². The van der Waals surface area contributed by atoms with E-state index in [-0.39, 0.29) is 12.2 Å². The van der Waals surface area contributed by atoms with Gasteiger partial charge in [-0.05, 0) is 59.7 Å². The molecule has 2 N–H and O–H groups in total. The van der Waals surface area contributed by atoms with E-state index >= 15 is 0 Å². The Balaban J connectivity index is 1.71. The minimum Gasteiger partial charge on any atom is -0.369 e. The molecule has 1 aliphatic carbocycles. The fourth-order valence-corrected chi connectivity index (χ4v) is 4.89. The van der Waals surface area contributed by atoms with Crippen molar-refractivity contribution < 1.29 is 13.2 Å². The number of carbonyl (C=O) groups excluding carboxylic acids is 1. The van der Waals surface area contributed by atoms with Crippen molar-refractivity contribution in [3.8, 4) is 16.8 Å². The van der Waals surface area contributed by atoms with Gasteiger partial charge in [0.2, 0.25) is 5.91 Å². The molecule has 28 heavy (non-hydrogen) atoms. The standard InChI is InChI=1S/C20H20N4O3S/c21-20(25)9-16-3-6-17(24-13-22-12-23-24)10-19(16)15-4-7-18(8-5-15)28(26,27)11-14-1-2-14/h3-8,10,12-14H,1-2,9,11H2,(H2,21,25). The number of primary amides is 1. The van der Waals surface area contributed by atoms with Gasteiger partial charge in [-0.25, -0.2) is 18.1 Å². The zero-order valence-electron chi connectivity index (χ0n) is 15.2. The van der Waals surface area contributed by atoms with Gasteiger partial charge in [0.1, 0.15) is 12.7 Å². The molecule has 1 aromatic heterocycles. The maximum absolute atomic E-state index is 12.5. The van der Waals surface area contributed by atoms with Crippen LogP contribution in [0.3, 0.4) is 0 Å². The van der Waals surface area contributed by atoms with E-state index in [1.807, 2.05) is 18.2 Å². The van der Waals surface area contributed by atoms with Gasteiger partial charge in [0.15, 0.2) is 9.84 Å². The van der Waals surface area contributed by atoms with Crippen molar-refractivity contribution in [1.29, 1.82) is 0 Å². The molecule has 7 nitrogen and oxygen atoms in total. The predicted octanol–water partition coefficient (Wildman–Crippen LogP) is 2.15. The highest BCUT2D eigenvalue weighted by Crippen LogP contribution is 2.33. The molecular formula is C20H20N4O3S. The number of nitrogens with zero attached hydrogens (tertiary/aromatic N) is 3. The molecule has 0 radical (unpaired) electrons. The van der Waals surface area contributed by atoms with Gasteiger partial charge in [-0.15, -0.1) is 0 Å². The Bertz CT molecular complexity index is 1100. The summed E-state index contributed by atoms with van der Waals surface area (Å²) in [7, 11) is -3.27. The molecular weight excluding hydrogens is 376 g/mol. The van der Waals surface area contributed by atoms with Crippen molar-refractivity contribution in [2.24, 2.45) is 11.7 Å². The third-order valence-electron chi connectivity index (χ3n) is 4.82. The summed E-state index contributed by atoms with van der Waals surface area (Å²) in [6.45, 7) is 0. The quantitative estimate of drug-likeness (QED) is 0.658. The summed E-state index contributed by atoms with van der Waals surface area (Å²) in [6.07, 6.45) is 5.09. The van der Waals surface area contributed by atoms with E-state index in [9.17, 15) is 13.2 Å². The summed E-state index contributed by atoms with van der Waals surface area (Å²) in [5, 5.41) is 4.13. The predicted molar refractivity (Wildman–Crippen MR) is 104 cm³/mol. The molecule has 1 aliphatic rings. The lowest BCUT2D eigenvalue weighted by Gasteiger charge is -2.12. The zero-order chi connectivity index (χ0) is 19.7. The van der Waals surface area contributed by atoms with Crippen molar-refractivity contribution in [2.45, 2.75) is 24.2 Å². The second-order valence-corrected chi connectivity index (χ2v) is 9.11. The highest BCUT2D eigenvalue weighted by molar-refractivity contribution is 7.91. The molecule has 3 aromatic rings. The first-order valence-electron chi connectivity index (χ1n) is 9.02. The third kappa shape index (κ3) is 3.96. The normalized spacial score (nSPS) is 14.1. The van der Waals surface area contributed by atoms with E-state index in [4.69, 9.17) is 5.73 Å². The number of nitrogens with two attached hydrogens (primary N) is 1. The largest absolute Gasteiger partial charge is 0.369 e. The number of amides is 1. The van der Waals surface area contributed by atoms with Crippen LogP contribution in [0.1, 0.15) is 18.4 Å². The highest BCUT2D eigenvalue weighted by Gasteiger charge is 2.29. The molecule has 0 spiro atoms. The van der Waals surface area contributed by atoms with Crippen LogP contribution in [0.5, 0.6) is 0 Å². The SMILES string of the molecule is NC(=O)Cc1ccc(-n2cncn2)cc1-c1ccc(S(=O)(=O)CC2CC2)cc1. The molecule has 1 saturated carbocycles. The number of hydrogen-bond acceptors (Lipinski definition) is 5. The summed E-state index contributed by atoms with van der Waals surface area (Å²) < 4.78 is 26.6. The van der Waals surface area contributed by atoms with E-state index in [0.29, 0.717) is 10.8 Å². The smallest absolute Gasteiger partial charge is 0.221 e. The van der Waals surface area contributed by atoms with Crippen LogP contribution in [0.2, 0.25) is 0 Å².